The average molecular weight is 196 g/mol. The van der Waals surface area contributed by atoms with Crippen LogP contribution in [-0.2, 0) is 6.42 Å². The lowest BCUT2D eigenvalue weighted by Gasteiger charge is -1.99. The summed E-state index contributed by atoms with van der Waals surface area (Å²) in [7, 11) is 2.15. The molecule has 0 unspecified atom stereocenters. The first-order chi connectivity index (χ1) is 7.25. The van der Waals surface area contributed by atoms with Crippen LogP contribution in [0.5, 0.6) is 0 Å². The second-order valence-corrected chi connectivity index (χ2v) is 4.30. The van der Waals surface area contributed by atoms with E-state index in [0.29, 0.717) is 0 Å². The summed E-state index contributed by atoms with van der Waals surface area (Å²) in [5.41, 5.74) is 4.25. The molecule has 1 heterocycles. The number of rotatable bonds is 0. The Bertz CT molecular complexity index is 579. The van der Waals surface area contributed by atoms with Crippen LogP contribution in [0.2, 0.25) is 0 Å². The van der Waals surface area contributed by atoms with Gasteiger partial charge < -0.3 is 0 Å². The maximum absolute atomic E-state index is 2.32. The molecule has 1 aliphatic rings. The van der Waals surface area contributed by atoms with E-state index in [4.69, 9.17) is 0 Å². The lowest BCUT2D eigenvalue weighted by Crippen LogP contribution is -2.02. The maximum atomic E-state index is 2.32. The average Bonchev–Trinajstić information content (AvgIpc) is 2.52. The summed E-state index contributed by atoms with van der Waals surface area (Å²) in [6.45, 7) is 2.20. The minimum absolute atomic E-state index is 1.09. The van der Waals surface area contributed by atoms with Crippen LogP contribution in [0.3, 0.4) is 0 Å². The van der Waals surface area contributed by atoms with Gasteiger partial charge in [0.1, 0.15) is 7.05 Å². The van der Waals surface area contributed by atoms with Crippen molar-refractivity contribution in [1.82, 2.24) is 0 Å². The van der Waals surface area contributed by atoms with Crippen LogP contribution >= 0.6 is 0 Å². The Balaban J connectivity index is 2.34. The van der Waals surface area contributed by atoms with Crippen molar-refractivity contribution in [3.63, 3.8) is 0 Å². The largest absolute Gasteiger partial charge is 0.209 e. The Labute approximate surface area is 89.7 Å². The lowest BCUT2D eigenvalue weighted by molar-refractivity contribution is -0.402. The molecule has 0 saturated heterocycles. The van der Waals surface area contributed by atoms with Gasteiger partial charge in [-0.25, -0.2) is 4.58 Å². The standard InChI is InChI=1S/C14H14N/c1-10-7-13-8-11-5-3-4-6-12(11)9-14(13)15(10)2/h3-6,8-9H,7H2,1-2H3/q+1. The van der Waals surface area contributed by atoms with Crippen molar-refractivity contribution in [3.8, 4) is 0 Å². The van der Waals surface area contributed by atoms with E-state index in [1.807, 2.05) is 0 Å². The first-order valence-corrected chi connectivity index (χ1v) is 5.33. The van der Waals surface area contributed by atoms with Gasteiger partial charge in [-0.15, -0.1) is 0 Å². The van der Waals surface area contributed by atoms with Crippen molar-refractivity contribution < 1.29 is 4.58 Å². The highest BCUT2D eigenvalue weighted by Gasteiger charge is 2.23. The Morgan fingerprint density at radius 3 is 2.47 bits per heavy atom. The molecule has 1 heteroatoms. The molecule has 3 rings (SSSR count). The third kappa shape index (κ3) is 1.19. The molecule has 0 saturated carbocycles. The Morgan fingerprint density at radius 1 is 1.07 bits per heavy atom. The molecular formula is C14H14N+. The molecule has 0 aromatic heterocycles. The zero-order chi connectivity index (χ0) is 10.4. The van der Waals surface area contributed by atoms with E-state index < -0.39 is 0 Å². The topological polar surface area (TPSA) is 3.01 Å². The Hall–Kier alpha value is -1.63. The zero-order valence-electron chi connectivity index (χ0n) is 9.12. The van der Waals surface area contributed by atoms with Crippen LogP contribution < -0.4 is 0 Å². The predicted octanol–water partition coefficient (Wildman–Crippen LogP) is 3.13. The number of hydrogen-bond acceptors (Lipinski definition) is 0. The first kappa shape index (κ1) is 8.66. The van der Waals surface area contributed by atoms with Gasteiger partial charge in [0.25, 0.3) is 0 Å². The second kappa shape index (κ2) is 2.93. The molecule has 2 aromatic carbocycles. The molecular weight excluding hydrogens is 182 g/mol. The summed E-state index contributed by atoms with van der Waals surface area (Å²) in [4.78, 5) is 0. The van der Waals surface area contributed by atoms with Gasteiger partial charge in [-0.3, -0.25) is 0 Å². The molecule has 0 fully saturated rings. The third-order valence-electron chi connectivity index (χ3n) is 3.33. The fourth-order valence-electron chi connectivity index (χ4n) is 2.33. The normalized spacial score (nSPS) is 14.8. The number of hydrogen-bond donors (Lipinski definition) is 0. The molecule has 74 valence electrons. The highest BCUT2D eigenvalue weighted by atomic mass is 15.0. The first-order valence-electron chi connectivity index (χ1n) is 5.33. The minimum Gasteiger partial charge on any atom is -0.202 e. The van der Waals surface area contributed by atoms with E-state index in [0.717, 1.165) is 6.42 Å². The second-order valence-electron chi connectivity index (χ2n) is 4.30. The van der Waals surface area contributed by atoms with Gasteiger partial charge in [0, 0.05) is 18.6 Å². The van der Waals surface area contributed by atoms with Gasteiger partial charge in [-0.1, -0.05) is 24.3 Å². The number of benzene rings is 2. The molecule has 0 N–H and O–H groups in total. The summed E-state index contributed by atoms with van der Waals surface area (Å²) >= 11 is 0. The quantitative estimate of drug-likeness (QED) is 0.569. The van der Waals surface area contributed by atoms with E-state index in [1.165, 1.54) is 27.7 Å². The Morgan fingerprint density at radius 2 is 1.73 bits per heavy atom. The summed E-state index contributed by atoms with van der Waals surface area (Å²) in [5.74, 6) is 0. The van der Waals surface area contributed by atoms with Gasteiger partial charge in [0.2, 0.25) is 5.69 Å². The molecule has 0 aliphatic carbocycles. The summed E-state index contributed by atoms with van der Waals surface area (Å²) in [6, 6.07) is 13.2. The third-order valence-corrected chi connectivity index (χ3v) is 3.33. The summed E-state index contributed by atoms with van der Waals surface area (Å²) in [5, 5.41) is 2.68. The fourth-order valence-corrected chi connectivity index (χ4v) is 2.33. The molecule has 0 bridgehead atoms. The van der Waals surface area contributed by atoms with Crippen molar-refractivity contribution in [1.29, 1.82) is 0 Å². The fraction of sp³-hybridized carbons (Fsp3) is 0.214. The van der Waals surface area contributed by atoms with Crippen molar-refractivity contribution in [3.05, 3.63) is 42.0 Å². The van der Waals surface area contributed by atoms with E-state index in [-0.39, 0.29) is 0 Å². The molecule has 2 aromatic rings. The molecule has 0 amide bonds. The Kier molecular flexibility index (Phi) is 1.69. The number of nitrogens with zero attached hydrogens (tertiary/aromatic N) is 1. The van der Waals surface area contributed by atoms with E-state index in [2.05, 4.69) is 54.9 Å². The van der Waals surface area contributed by atoms with Crippen LogP contribution in [0, 0.1) is 0 Å². The van der Waals surface area contributed by atoms with Crippen LogP contribution in [0.4, 0.5) is 5.69 Å². The van der Waals surface area contributed by atoms with Crippen molar-refractivity contribution in [2.75, 3.05) is 7.05 Å². The maximum Gasteiger partial charge on any atom is 0.209 e. The van der Waals surface area contributed by atoms with Crippen LogP contribution in [0.1, 0.15) is 12.5 Å². The van der Waals surface area contributed by atoms with Gasteiger partial charge in [-0.2, -0.15) is 0 Å². The SMILES string of the molecule is CC1=[N+](C)c2cc3ccccc3cc2C1. The van der Waals surface area contributed by atoms with E-state index in [1.54, 1.807) is 0 Å². The minimum atomic E-state index is 1.09. The van der Waals surface area contributed by atoms with E-state index >= 15 is 0 Å². The monoisotopic (exact) mass is 196 g/mol. The highest BCUT2D eigenvalue weighted by molar-refractivity contribution is 5.91. The molecule has 1 nitrogen and oxygen atoms in total. The van der Waals surface area contributed by atoms with Crippen molar-refractivity contribution in [2.24, 2.45) is 0 Å². The molecule has 0 spiro atoms. The van der Waals surface area contributed by atoms with Gasteiger partial charge in [-0.05, 0) is 16.8 Å². The van der Waals surface area contributed by atoms with E-state index in [9.17, 15) is 0 Å². The molecule has 1 aliphatic heterocycles. The van der Waals surface area contributed by atoms with Crippen molar-refractivity contribution in [2.45, 2.75) is 13.3 Å². The molecule has 0 atom stereocenters. The summed E-state index contributed by atoms with van der Waals surface area (Å²) in [6.07, 6.45) is 1.09. The molecule has 0 radical (unpaired) electrons. The van der Waals surface area contributed by atoms with Crippen LogP contribution in [0.15, 0.2) is 36.4 Å². The lowest BCUT2D eigenvalue weighted by atomic mass is 10.0. The predicted molar refractivity (Wildman–Crippen MR) is 64.2 cm³/mol. The van der Waals surface area contributed by atoms with Crippen LogP contribution in [0.25, 0.3) is 10.8 Å². The van der Waals surface area contributed by atoms with Gasteiger partial charge in [0.15, 0.2) is 5.71 Å². The van der Waals surface area contributed by atoms with Gasteiger partial charge >= 0.3 is 0 Å². The van der Waals surface area contributed by atoms with Crippen LogP contribution in [-0.4, -0.2) is 17.3 Å². The summed E-state index contributed by atoms with van der Waals surface area (Å²) < 4.78 is 2.29. The van der Waals surface area contributed by atoms with Gasteiger partial charge in [0.05, 0.1) is 6.42 Å². The smallest absolute Gasteiger partial charge is 0.202 e. The zero-order valence-corrected chi connectivity index (χ0v) is 9.12. The number of fused-ring (bicyclic) bond motifs is 2. The van der Waals surface area contributed by atoms with Crippen molar-refractivity contribution >= 4 is 22.2 Å². The molecule has 15 heavy (non-hydrogen) atoms. The highest BCUT2D eigenvalue weighted by Crippen LogP contribution is 2.30.